The van der Waals surface area contributed by atoms with Gasteiger partial charge in [-0.05, 0) is 36.2 Å². The summed E-state index contributed by atoms with van der Waals surface area (Å²) in [5.41, 5.74) is 0.104. The Kier molecular flexibility index (Phi) is 6.09. The van der Waals surface area contributed by atoms with Crippen LogP contribution in [-0.4, -0.2) is 19.0 Å². The third-order valence-corrected chi connectivity index (χ3v) is 3.57. The molecule has 2 aromatic carbocycles. The topological polar surface area (TPSA) is 41.1 Å². The summed E-state index contributed by atoms with van der Waals surface area (Å²) in [7, 11) is 0. The molecular formula is C17H16ClF3N2O. The molecule has 7 heteroatoms. The summed E-state index contributed by atoms with van der Waals surface area (Å²) >= 11 is 5.78. The molecular weight excluding hydrogens is 341 g/mol. The van der Waals surface area contributed by atoms with Gasteiger partial charge in [-0.2, -0.15) is 13.2 Å². The fraction of sp³-hybridized carbons (Fsp3) is 0.235. The zero-order chi connectivity index (χ0) is 17.6. The molecule has 0 unspecified atom stereocenters. The van der Waals surface area contributed by atoms with Gasteiger partial charge in [0.25, 0.3) is 0 Å². The van der Waals surface area contributed by atoms with Gasteiger partial charge in [-0.1, -0.05) is 35.9 Å². The van der Waals surface area contributed by atoms with Crippen LogP contribution in [-0.2, 0) is 17.4 Å². The smallest absolute Gasteiger partial charge is 0.376 e. The van der Waals surface area contributed by atoms with Crippen LogP contribution in [0.15, 0.2) is 48.5 Å². The summed E-state index contributed by atoms with van der Waals surface area (Å²) < 4.78 is 38.5. The average Bonchev–Trinajstić information content (AvgIpc) is 2.54. The second-order valence-corrected chi connectivity index (χ2v) is 5.56. The maximum atomic E-state index is 12.8. The van der Waals surface area contributed by atoms with Gasteiger partial charge in [0.2, 0.25) is 5.91 Å². The van der Waals surface area contributed by atoms with Gasteiger partial charge in [-0.25, -0.2) is 0 Å². The number of nitrogens with one attached hydrogen (secondary N) is 2. The van der Waals surface area contributed by atoms with Crippen molar-refractivity contribution in [3.63, 3.8) is 0 Å². The Morgan fingerprint density at radius 1 is 1.04 bits per heavy atom. The number of para-hydroxylation sites is 1. The summed E-state index contributed by atoms with van der Waals surface area (Å²) in [5, 5.41) is 5.82. The SMILES string of the molecule is O=C(CNc1ccccc1C(F)(F)F)NCCc1ccc(Cl)cc1. The van der Waals surface area contributed by atoms with Crippen LogP contribution in [0.5, 0.6) is 0 Å². The van der Waals surface area contributed by atoms with E-state index in [0.29, 0.717) is 18.0 Å². The lowest BCUT2D eigenvalue weighted by Gasteiger charge is -2.14. The van der Waals surface area contributed by atoms with E-state index in [9.17, 15) is 18.0 Å². The van der Waals surface area contributed by atoms with Crippen molar-refractivity contribution in [2.75, 3.05) is 18.4 Å². The average molecular weight is 357 g/mol. The Hall–Kier alpha value is -2.21. The predicted molar refractivity (Wildman–Crippen MR) is 88.1 cm³/mol. The first-order valence-corrected chi connectivity index (χ1v) is 7.65. The molecule has 0 aliphatic rings. The third-order valence-electron chi connectivity index (χ3n) is 3.32. The first-order chi connectivity index (χ1) is 11.4. The molecule has 128 valence electrons. The highest BCUT2D eigenvalue weighted by molar-refractivity contribution is 6.30. The summed E-state index contributed by atoms with van der Waals surface area (Å²) in [4.78, 5) is 11.7. The Morgan fingerprint density at radius 2 is 1.71 bits per heavy atom. The standard InChI is InChI=1S/C17H16ClF3N2O/c18-13-7-5-12(6-8-13)9-10-22-16(24)11-23-15-4-2-1-3-14(15)17(19,20)21/h1-8,23H,9-11H2,(H,22,24). The number of carbonyl (C=O) groups excluding carboxylic acids is 1. The predicted octanol–water partition coefficient (Wildman–Crippen LogP) is 4.13. The molecule has 0 aliphatic heterocycles. The molecule has 24 heavy (non-hydrogen) atoms. The summed E-state index contributed by atoms with van der Waals surface area (Å²) in [6.07, 6.45) is -3.85. The second-order valence-electron chi connectivity index (χ2n) is 5.12. The highest BCUT2D eigenvalue weighted by Crippen LogP contribution is 2.34. The lowest BCUT2D eigenvalue weighted by Crippen LogP contribution is -2.31. The molecule has 0 spiro atoms. The number of hydrogen-bond acceptors (Lipinski definition) is 2. The zero-order valence-electron chi connectivity index (χ0n) is 12.7. The minimum Gasteiger partial charge on any atom is -0.376 e. The minimum atomic E-state index is -4.46. The Morgan fingerprint density at radius 3 is 2.38 bits per heavy atom. The minimum absolute atomic E-state index is 0.113. The van der Waals surface area contributed by atoms with Crippen LogP contribution in [0.2, 0.25) is 5.02 Å². The largest absolute Gasteiger partial charge is 0.418 e. The van der Waals surface area contributed by atoms with E-state index in [4.69, 9.17) is 11.6 Å². The van der Waals surface area contributed by atoms with Crippen LogP contribution in [0.3, 0.4) is 0 Å². The first kappa shape index (κ1) is 18.1. The molecule has 0 saturated heterocycles. The Balaban J connectivity index is 1.80. The zero-order valence-corrected chi connectivity index (χ0v) is 13.4. The maximum absolute atomic E-state index is 12.8. The molecule has 2 rings (SSSR count). The summed E-state index contributed by atoms with van der Waals surface area (Å²) in [6, 6.07) is 12.3. The lowest BCUT2D eigenvalue weighted by molar-refractivity contribution is -0.137. The summed E-state index contributed by atoms with van der Waals surface area (Å²) in [6.45, 7) is 0.163. The highest BCUT2D eigenvalue weighted by atomic mass is 35.5. The van der Waals surface area contributed by atoms with Crippen LogP contribution in [0, 0.1) is 0 Å². The van der Waals surface area contributed by atoms with Crippen molar-refractivity contribution in [3.05, 3.63) is 64.7 Å². The van der Waals surface area contributed by atoms with Crippen molar-refractivity contribution in [1.29, 1.82) is 0 Å². The van der Waals surface area contributed by atoms with Gasteiger partial charge in [0.15, 0.2) is 0 Å². The van der Waals surface area contributed by atoms with Gasteiger partial charge in [-0.3, -0.25) is 4.79 Å². The number of halogens is 4. The van der Waals surface area contributed by atoms with E-state index in [2.05, 4.69) is 10.6 Å². The van der Waals surface area contributed by atoms with Crippen LogP contribution in [0.1, 0.15) is 11.1 Å². The van der Waals surface area contributed by atoms with Gasteiger partial charge in [0.05, 0.1) is 12.1 Å². The van der Waals surface area contributed by atoms with Crippen molar-refractivity contribution in [3.8, 4) is 0 Å². The normalized spacial score (nSPS) is 11.2. The van der Waals surface area contributed by atoms with Crippen LogP contribution >= 0.6 is 11.6 Å². The quantitative estimate of drug-likeness (QED) is 0.817. The first-order valence-electron chi connectivity index (χ1n) is 7.27. The molecule has 0 aliphatic carbocycles. The van der Waals surface area contributed by atoms with E-state index in [-0.39, 0.29) is 18.1 Å². The Labute approximate surface area is 142 Å². The van der Waals surface area contributed by atoms with Crippen molar-refractivity contribution >= 4 is 23.2 Å². The molecule has 0 radical (unpaired) electrons. The molecule has 1 amide bonds. The number of benzene rings is 2. The van der Waals surface area contributed by atoms with E-state index < -0.39 is 11.7 Å². The number of alkyl halides is 3. The lowest BCUT2D eigenvalue weighted by atomic mass is 10.1. The molecule has 3 nitrogen and oxygen atoms in total. The summed E-state index contributed by atoms with van der Waals surface area (Å²) in [5.74, 6) is -0.374. The molecule has 2 N–H and O–H groups in total. The fourth-order valence-corrected chi connectivity index (χ4v) is 2.25. The molecule has 0 bridgehead atoms. The number of amides is 1. The molecule has 0 atom stereocenters. The van der Waals surface area contributed by atoms with E-state index in [1.807, 2.05) is 12.1 Å². The second kappa shape index (κ2) is 8.06. The van der Waals surface area contributed by atoms with Gasteiger partial charge in [0, 0.05) is 17.3 Å². The number of anilines is 1. The third kappa shape index (κ3) is 5.45. The van der Waals surface area contributed by atoms with E-state index >= 15 is 0 Å². The van der Waals surface area contributed by atoms with Crippen LogP contribution < -0.4 is 10.6 Å². The Bertz CT molecular complexity index is 687. The number of carbonyl (C=O) groups is 1. The van der Waals surface area contributed by atoms with Crippen LogP contribution in [0.4, 0.5) is 18.9 Å². The highest BCUT2D eigenvalue weighted by Gasteiger charge is 2.33. The molecule has 0 saturated carbocycles. The maximum Gasteiger partial charge on any atom is 0.418 e. The van der Waals surface area contributed by atoms with Crippen molar-refractivity contribution in [1.82, 2.24) is 5.32 Å². The van der Waals surface area contributed by atoms with E-state index in [1.165, 1.54) is 18.2 Å². The van der Waals surface area contributed by atoms with Crippen molar-refractivity contribution < 1.29 is 18.0 Å². The van der Waals surface area contributed by atoms with E-state index in [0.717, 1.165) is 11.6 Å². The number of rotatable bonds is 6. The van der Waals surface area contributed by atoms with Gasteiger partial charge < -0.3 is 10.6 Å². The van der Waals surface area contributed by atoms with Gasteiger partial charge >= 0.3 is 6.18 Å². The fourth-order valence-electron chi connectivity index (χ4n) is 2.12. The van der Waals surface area contributed by atoms with Crippen LogP contribution in [0.25, 0.3) is 0 Å². The van der Waals surface area contributed by atoms with Gasteiger partial charge in [0.1, 0.15) is 0 Å². The van der Waals surface area contributed by atoms with Crippen molar-refractivity contribution in [2.24, 2.45) is 0 Å². The monoisotopic (exact) mass is 356 g/mol. The van der Waals surface area contributed by atoms with Gasteiger partial charge in [-0.15, -0.1) is 0 Å². The molecule has 0 aromatic heterocycles. The van der Waals surface area contributed by atoms with Crippen molar-refractivity contribution in [2.45, 2.75) is 12.6 Å². The van der Waals surface area contributed by atoms with E-state index in [1.54, 1.807) is 12.1 Å². The molecule has 2 aromatic rings. The molecule has 0 fully saturated rings. The molecule has 0 heterocycles. The number of hydrogen-bond donors (Lipinski definition) is 2.